The van der Waals surface area contributed by atoms with Gasteiger partial charge in [-0.05, 0) is 55.3 Å². The number of nitrogens with zero attached hydrogens (tertiary/aromatic N) is 1. The van der Waals surface area contributed by atoms with Gasteiger partial charge in [-0.3, -0.25) is 24.1 Å². The molecule has 0 aromatic heterocycles. The van der Waals surface area contributed by atoms with Crippen molar-refractivity contribution in [1.29, 1.82) is 0 Å². The molecule has 0 bridgehead atoms. The Morgan fingerprint density at radius 1 is 1.06 bits per heavy atom. The Balaban J connectivity index is 2.03. The molecule has 0 heterocycles. The lowest BCUT2D eigenvalue weighted by molar-refractivity contribution is -0.140. The van der Waals surface area contributed by atoms with Crippen LogP contribution >= 0.6 is 11.6 Å². The number of hydrogen-bond acceptors (Lipinski definition) is 5. The fourth-order valence-electron chi connectivity index (χ4n) is 3.55. The van der Waals surface area contributed by atoms with E-state index in [4.69, 9.17) is 16.3 Å². The van der Waals surface area contributed by atoms with E-state index in [0.29, 0.717) is 34.1 Å². The molecule has 1 saturated carbocycles. The highest BCUT2D eigenvalue weighted by molar-refractivity contribution is 6.35. The van der Waals surface area contributed by atoms with Gasteiger partial charge in [0.05, 0.1) is 18.4 Å². The van der Waals surface area contributed by atoms with Gasteiger partial charge in [-0.25, -0.2) is 0 Å². The standard InChI is InChI=1S/C24H22ClNO5/c1-14-18(25)6-4-7-19(14)26(16-10-12-17(31-3)13-11-16)24(30)15(2)23(29)22-20(27)8-5-9-21(22)28/h4,6-7,10-13,22H,2,5,8-9H2,1,3H3. The van der Waals surface area contributed by atoms with Gasteiger partial charge < -0.3 is 4.74 Å². The average molecular weight is 440 g/mol. The van der Waals surface area contributed by atoms with E-state index >= 15 is 0 Å². The maximum Gasteiger partial charge on any atom is 0.265 e. The smallest absolute Gasteiger partial charge is 0.265 e. The van der Waals surface area contributed by atoms with Crippen LogP contribution in [0, 0.1) is 12.8 Å². The lowest BCUT2D eigenvalue weighted by atomic mass is 9.81. The fraction of sp³-hybridized carbons (Fsp3) is 0.250. The summed E-state index contributed by atoms with van der Waals surface area (Å²) in [4.78, 5) is 52.1. The van der Waals surface area contributed by atoms with E-state index in [1.54, 1.807) is 49.4 Å². The van der Waals surface area contributed by atoms with Crippen LogP contribution in [0.3, 0.4) is 0 Å². The van der Waals surface area contributed by atoms with E-state index in [9.17, 15) is 19.2 Å². The number of ether oxygens (including phenoxy) is 1. The van der Waals surface area contributed by atoms with Crippen LogP contribution in [0.1, 0.15) is 24.8 Å². The van der Waals surface area contributed by atoms with Gasteiger partial charge in [0.15, 0.2) is 17.3 Å². The molecule has 1 amide bonds. The number of Topliss-reactive ketones (excluding diaryl/α,β-unsaturated/α-hetero) is 3. The Labute approximate surface area is 185 Å². The second-order valence-corrected chi connectivity index (χ2v) is 7.69. The second-order valence-electron chi connectivity index (χ2n) is 7.28. The van der Waals surface area contributed by atoms with Gasteiger partial charge in [-0.15, -0.1) is 0 Å². The number of carbonyl (C=O) groups is 4. The average Bonchev–Trinajstić information content (AvgIpc) is 2.76. The zero-order valence-corrected chi connectivity index (χ0v) is 18.1. The minimum Gasteiger partial charge on any atom is -0.497 e. The van der Waals surface area contributed by atoms with Crippen molar-refractivity contribution in [3.8, 4) is 5.75 Å². The highest BCUT2D eigenvalue weighted by Crippen LogP contribution is 2.34. The van der Waals surface area contributed by atoms with E-state index in [1.165, 1.54) is 12.0 Å². The summed E-state index contributed by atoms with van der Waals surface area (Å²) in [5, 5.41) is 0.443. The van der Waals surface area contributed by atoms with Crippen LogP contribution in [0.5, 0.6) is 5.75 Å². The van der Waals surface area contributed by atoms with Gasteiger partial charge in [-0.1, -0.05) is 24.2 Å². The van der Waals surface area contributed by atoms with Gasteiger partial charge in [0, 0.05) is 23.6 Å². The summed E-state index contributed by atoms with van der Waals surface area (Å²) in [6, 6.07) is 11.7. The molecular weight excluding hydrogens is 418 g/mol. The van der Waals surface area contributed by atoms with Gasteiger partial charge in [0.25, 0.3) is 5.91 Å². The summed E-state index contributed by atoms with van der Waals surface area (Å²) < 4.78 is 5.18. The summed E-state index contributed by atoms with van der Waals surface area (Å²) in [7, 11) is 1.53. The van der Waals surface area contributed by atoms with E-state index in [1.807, 2.05) is 0 Å². The topological polar surface area (TPSA) is 80.8 Å². The Kier molecular flexibility index (Phi) is 6.71. The normalized spacial score (nSPS) is 14.3. The third kappa shape index (κ3) is 4.44. The number of rotatable bonds is 6. The first-order chi connectivity index (χ1) is 14.8. The number of hydrogen-bond donors (Lipinski definition) is 0. The summed E-state index contributed by atoms with van der Waals surface area (Å²) >= 11 is 6.26. The molecule has 0 unspecified atom stereocenters. The van der Waals surface area contributed by atoms with Crippen molar-refractivity contribution in [2.45, 2.75) is 26.2 Å². The second kappa shape index (κ2) is 9.27. The molecule has 7 heteroatoms. The minimum atomic E-state index is -1.46. The third-order valence-electron chi connectivity index (χ3n) is 5.32. The van der Waals surface area contributed by atoms with Crippen molar-refractivity contribution in [3.05, 3.63) is 65.2 Å². The first-order valence-corrected chi connectivity index (χ1v) is 10.2. The van der Waals surface area contributed by atoms with Crippen molar-refractivity contribution in [3.63, 3.8) is 0 Å². The number of anilines is 2. The van der Waals surface area contributed by atoms with E-state index < -0.39 is 34.7 Å². The molecule has 1 aliphatic carbocycles. The monoisotopic (exact) mass is 439 g/mol. The summed E-state index contributed by atoms with van der Waals surface area (Å²) in [6.07, 6.45) is 0.694. The quantitative estimate of drug-likeness (QED) is 0.379. The van der Waals surface area contributed by atoms with Gasteiger partial charge in [0.2, 0.25) is 0 Å². The molecule has 2 aromatic rings. The molecule has 0 radical (unpaired) electrons. The molecule has 160 valence electrons. The van der Waals surface area contributed by atoms with Crippen LogP contribution in [0.15, 0.2) is 54.6 Å². The Morgan fingerprint density at radius 3 is 2.26 bits per heavy atom. The van der Waals surface area contributed by atoms with Crippen LogP contribution < -0.4 is 9.64 Å². The molecular formula is C24H22ClNO5. The number of ketones is 3. The molecule has 6 nitrogen and oxygen atoms in total. The number of amides is 1. The zero-order valence-electron chi connectivity index (χ0n) is 17.3. The predicted molar refractivity (Wildman–Crippen MR) is 118 cm³/mol. The zero-order chi connectivity index (χ0) is 22.7. The lowest BCUT2D eigenvalue weighted by Gasteiger charge is -2.27. The molecule has 0 saturated heterocycles. The molecule has 0 N–H and O–H groups in total. The largest absolute Gasteiger partial charge is 0.497 e. The molecule has 1 aliphatic rings. The predicted octanol–water partition coefficient (Wildman–Crippen LogP) is 4.39. The molecule has 0 spiro atoms. The van der Waals surface area contributed by atoms with Crippen LogP contribution in [0.2, 0.25) is 5.02 Å². The molecule has 2 aromatic carbocycles. The van der Waals surface area contributed by atoms with Gasteiger partial charge in [-0.2, -0.15) is 0 Å². The number of benzene rings is 2. The first kappa shape index (κ1) is 22.4. The Hall–Kier alpha value is -3.25. The molecule has 0 atom stereocenters. The van der Waals surface area contributed by atoms with Crippen molar-refractivity contribution >= 4 is 46.2 Å². The summed E-state index contributed by atoms with van der Waals surface area (Å²) in [5.74, 6) is -3.38. The summed E-state index contributed by atoms with van der Waals surface area (Å²) in [5.41, 5.74) is 1.10. The Morgan fingerprint density at radius 2 is 1.68 bits per heavy atom. The minimum absolute atomic E-state index is 0.138. The third-order valence-corrected chi connectivity index (χ3v) is 5.73. The van der Waals surface area contributed by atoms with E-state index in [-0.39, 0.29) is 12.8 Å². The number of carbonyl (C=O) groups excluding carboxylic acids is 4. The number of halogens is 1. The van der Waals surface area contributed by atoms with Crippen molar-refractivity contribution in [1.82, 2.24) is 0 Å². The highest BCUT2D eigenvalue weighted by Gasteiger charge is 2.39. The van der Waals surface area contributed by atoms with E-state index in [2.05, 4.69) is 6.58 Å². The van der Waals surface area contributed by atoms with Crippen LogP contribution in [0.4, 0.5) is 11.4 Å². The first-order valence-electron chi connectivity index (χ1n) is 9.78. The fourth-order valence-corrected chi connectivity index (χ4v) is 3.72. The molecule has 1 fully saturated rings. The van der Waals surface area contributed by atoms with Crippen molar-refractivity contribution < 1.29 is 23.9 Å². The van der Waals surface area contributed by atoms with Crippen LogP contribution in [-0.2, 0) is 19.2 Å². The van der Waals surface area contributed by atoms with Gasteiger partial charge >= 0.3 is 0 Å². The SMILES string of the molecule is C=C(C(=O)C1C(=O)CCCC1=O)C(=O)N(c1ccc(OC)cc1)c1cccc(Cl)c1C. The van der Waals surface area contributed by atoms with Gasteiger partial charge in [0.1, 0.15) is 11.7 Å². The maximum atomic E-state index is 13.5. The number of methoxy groups -OCH3 is 1. The van der Waals surface area contributed by atoms with Crippen molar-refractivity contribution in [2.75, 3.05) is 12.0 Å². The molecule has 3 rings (SSSR count). The highest BCUT2D eigenvalue weighted by atomic mass is 35.5. The maximum absolute atomic E-state index is 13.5. The lowest BCUT2D eigenvalue weighted by Crippen LogP contribution is -2.40. The van der Waals surface area contributed by atoms with Crippen LogP contribution in [0.25, 0.3) is 0 Å². The van der Waals surface area contributed by atoms with Crippen molar-refractivity contribution in [2.24, 2.45) is 5.92 Å². The van der Waals surface area contributed by atoms with Crippen LogP contribution in [-0.4, -0.2) is 30.4 Å². The van der Waals surface area contributed by atoms with E-state index in [0.717, 1.165) is 0 Å². The Bertz CT molecular complexity index is 1060. The molecule has 0 aliphatic heterocycles. The summed E-state index contributed by atoms with van der Waals surface area (Å²) in [6.45, 7) is 5.40. The molecule has 31 heavy (non-hydrogen) atoms.